The molecule has 2 N–H and O–H groups in total. The third kappa shape index (κ3) is 4.16. The minimum Gasteiger partial charge on any atom is -0.478 e. The van der Waals surface area contributed by atoms with Gasteiger partial charge in [0.05, 0.1) is 18.6 Å². The van der Waals surface area contributed by atoms with E-state index in [0.717, 1.165) is 4.88 Å². The predicted molar refractivity (Wildman–Crippen MR) is 65.8 cm³/mol. The number of amides is 1. The third-order valence-corrected chi connectivity index (χ3v) is 2.98. The number of hydrogen-bond acceptors (Lipinski definition) is 4. The molecule has 6 heteroatoms. The molecule has 94 valence electrons. The summed E-state index contributed by atoms with van der Waals surface area (Å²) in [5, 5.41) is 11.9. The molecule has 0 aliphatic rings. The summed E-state index contributed by atoms with van der Waals surface area (Å²) in [5.74, 6) is -1.27. The van der Waals surface area contributed by atoms with Crippen LogP contribution in [0.1, 0.15) is 28.6 Å². The van der Waals surface area contributed by atoms with Gasteiger partial charge in [0.15, 0.2) is 0 Å². The number of carbonyl (C=O) groups excluding carboxylic acids is 1. The number of carboxylic acids is 1. The summed E-state index contributed by atoms with van der Waals surface area (Å²) in [4.78, 5) is 23.3. The largest absolute Gasteiger partial charge is 0.478 e. The standard InChI is InChI=1S/C11H15NO4S/c1-3-16-5-4-9(13)12-10-8(11(14)15)6-7(2)17-10/h6H,3-5H2,1-2H3,(H,12,13)(H,14,15). The van der Waals surface area contributed by atoms with E-state index in [-0.39, 0.29) is 17.9 Å². The highest BCUT2D eigenvalue weighted by Crippen LogP contribution is 2.27. The van der Waals surface area contributed by atoms with Crippen molar-refractivity contribution in [1.82, 2.24) is 0 Å². The normalized spacial score (nSPS) is 10.2. The lowest BCUT2D eigenvalue weighted by Gasteiger charge is -2.04. The Hall–Kier alpha value is -1.40. The van der Waals surface area contributed by atoms with Crippen LogP contribution in [-0.4, -0.2) is 30.2 Å². The lowest BCUT2D eigenvalue weighted by molar-refractivity contribution is -0.117. The molecule has 5 nitrogen and oxygen atoms in total. The third-order valence-electron chi connectivity index (χ3n) is 2.02. The summed E-state index contributed by atoms with van der Waals surface area (Å²) >= 11 is 1.26. The van der Waals surface area contributed by atoms with E-state index in [4.69, 9.17) is 9.84 Å². The van der Waals surface area contributed by atoms with Crippen LogP contribution in [0.2, 0.25) is 0 Å². The zero-order valence-corrected chi connectivity index (χ0v) is 10.6. The molecule has 0 unspecified atom stereocenters. The van der Waals surface area contributed by atoms with E-state index in [9.17, 15) is 9.59 Å². The van der Waals surface area contributed by atoms with Gasteiger partial charge in [-0.05, 0) is 19.9 Å². The van der Waals surface area contributed by atoms with Crippen molar-refractivity contribution in [1.29, 1.82) is 0 Å². The molecule has 0 radical (unpaired) electrons. The lowest BCUT2D eigenvalue weighted by atomic mass is 10.3. The van der Waals surface area contributed by atoms with E-state index >= 15 is 0 Å². The van der Waals surface area contributed by atoms with Gasteiger partial charge in [-0.15, -0.1) is 11.3 Å². The molecule has 1 rings (SSSR count). The van der Waals surface area contributed by atoms with Gasteiger partial charge in [0.2, 0.25) is 5.91 Å². The van der Waals surface area contributed by atoms with Crippen LogP contribution in [0.4, 0.5) is 5.00 Å². The zero-order valence-electron chi connectivity index (χ0n) is 9.78. The molecule has 0 aliphatic carbocycles. The second kappa shape index (κ2) is 6.36. The van der Waals surface area contributed by atoms with Crippen LogP contribution in [0, 0.1) is 6.92 Å². The number of carbonyl (C=O) groups is 2. The number of rotatable bonds is 6. The second-order valence-electron chi connectivity index (χ2n) is 3.40. The Bertz CT molecular complexity index is 414. The van der Waals surface area contributed by atoms with E-state index in [1.54, 1.807) is 13.0 Å². The number of anilines is 1. The molecule has 0 saturated heterocycles. The molecule has 0 aliphatic heterocycles. The van der Waals surface area contributed by atoms with Gasteiger partial charge in [0.1, 0.15) is 5.00 Å². The predicted octanol–water partition coefficient (Wildman–Crippen LogP) is 2.12. The molecule has 0 fully saturated rings. The first kappa shape index (κ1) is 13.7. The first-order chi connectivity index (χ1) is 8.04. The van der Waals surface area contributed by atoms with Crippen molar-refractivity contribution in [2.24, 2.45) is 0 Å². The molecule has 0 aromatic carbocycles. The molecule has 0 atom stereocenters. The Kier molecular flexibility index (Phi) is 5.11. The van der Waals surface area contributed by atoms with Gasteiger partial charge in [-0.25, -0.2) is 4.79 Å². The Labute approximate surface area is 103 Å². The van der Waals surface area contributed by atoms with Gasteiger partial charge in [-0.1, -0.05) is 0 Å². The maximum atomic E-state index is 11.5. The first-order valence-electron chi connectivity index (χ1n) is 5.26. The Balaban J connectivity index is 2.61. The van der Waals surface area contributed by atoms with Crippen LogP contribution in [-0.2, 0) is 9.53 Å². The van der Waals surface area contributed by atoms with E-state index in [1.807, 2.05) is 6.92 Å². The summed E-state index contributed by atoms with van der Waals surface area (Å²) in [6.45, 7) is 4.55. The number of aromatic carboxylic acids is 1. The summed E-state index contributed by atoms with van der Waals surface area (Å²) in [7, 11) is 0. The molecule has 1 aromatic rings. The fourth-order valence-electron chi connectivity index (χ4n) is 1.26. The highest BCUT2D eigenvalue weighted by atomic mass is 32.1. The van der Waals surface area contributed by atoms with E-state index < -0.39 is 5.97 Å². The van der Waals surface area contributed by atoms with Gasteiger partial charge < -0.3 is 15.2 Å². The average molecular weight is 257 g/mol. The quantitative estimate of drug-likeness (QED) is 0.765. The highest BCUT2D eigenvalue weighted by Gasteiger charge is 2.15. The number of thiophene rings is 1. The molecular formula is C11H15NO4S. The highest BCUT2D eigenvalue weighted by molar-refractivity contribution is 7.16. The Morgan fingerprint density at radius 3 is 2.82 bits per heavy atom. The fourth-order valence-corrected chi connectivity index (χ4v) is 2.18. The van der Waals surface area contributed by atoms with Crippen LogP contribution in [0.5, 0.6) is 0 Å². The van der Waals surface area contributed by atoms with E-state index in [2.05, 4.69) is 5.32 Å². The van der Waals surface area contributed by atoms with Crippen molar-refractivity contribution in [3.05, 3.63) is 16.5 Å². The Morgan fingerprint density at radius 1 is 1.53 bits per heavy atom. The van der Waals surface area contributed by atoms with Crippen molar-refractivity contribution in [3.8, 4) is 0 Å². The SMILES string of the molecule is CCOCCC(=O)Nc1sc(C)cc1C(=O)O. The molecular weight excluding hydrogens is 242 g/mol. The smallest absolute Gasteiger partial charge is 0.338 e. The molecule has 0 spiro atoms. The second-order valence-corrected chi connectivity index (χ2v) is 4.66. The van der Waals surface area contributed by atoms with Crippen molar-refractivity contribution in [2.75, 3.05) is 18.5 Å². The van der Waals surface area contributed by atoms with Crippen LogP contribution in [0.3, 0.4) is 0 Å². The van der Waals surface area contributed by atoms with Crippen LogP contribution in [0.15, 0.2) is 6.07 Å². The Morgan fingerprint density at radius 2 is 2.24 bits per heavy atom. The minimum absolute atomic E-state index is 0.136. The van der Waals surface area contributed by atoms with Crippen molar-refractivity contribution >= 4 is 28.2 Å². The molecule has 17 heavy (non-hydrogen) atoms. The lowest BCUT2D eigenvalue weighted by Crippen LogP contribution is -2.15. The molecule has 1 amide bonds. The van der Waals surface area contributed by atoms with Gasteiger partial charge >= 0.3 is 5.97 Å². The van der Waals surface area contributed by atoms with E-state index in [1.165, 1.54) is 11.3 Å². The number of aryl methyl sites for hydroxylation is 1. The summed E-state index contributed by atoms with van der Waals surface area (Å²) in [5.41, 5.74) is 0.136. The minimum atomic E-state index is -1.03. The first-order valence-corrected chi connectivity index (χ1v) is 6.07. The number of hydrogen-bond donors (Lipinski definition) is 2. The molecule has 1 heterocycles. The number of carboxylic acid groups (broad SMARTS) is 1. The van der Waals surface area contributed by atoms with Crippen molar-refractivity contribution in [2.45, 2.75) is 20.3 Å². The zero-order chi connectivity index (χ0) is 12.8. The fraction of sp³-hybridized carbons (Fsp3) is 0.455. The van der Waals surface area contributed by atoms with Crippen LogP contribution in [0.25, 0.3) is 0 Å². The average Bonchev–Trinajstić information content (AvgIpc) is 2.60. The van der Waals surface area contributed by atoms with Crippen LogP contribution >= 0.6 is 11.3 Å². The molecule has 0 saturated carbocycles. The summed E-state index contributed by atoms with van der Waals surface area (Å²) in [6, 6.07) is 1.55. The summed E-state index contributed by atoms with van der Waals surface area (Å²) < 4.78 is 5.05. The molecule has 0 bridgehead atoms. The molecule has 1 aromatic heterocycles. The topological polar surface area (TPSA) is 75.6 Å². The maximum Gasteiger partial charge on any atom is 0.338 e. The monoisotopic (exact) mass is 257 g/mol. The van der Waals surface area contributed by atoms with Gasteiger partial charge in [-0.2, -0.15) is 0 Å². The van der Waals surface area contributed by atoms with Gasteiger partial charge in [0.25, 0.3) is 0 Å². The van der Waals surface area contributed by atoms with E-state index in [0.29, 0.717) is 18.2 Å². The summed E-state index contributed by atoms with van der Waals surface area (Å²) in [6.07, 6.45) is 0.226. The number of ether oxygens (including phenoxy) is 1. The van der Waals surface area contributed by atoms with Crippen LogP contribution < -0.4 is 5.32 Å². The van der Waals surface area contributed by atoms with Gasteiger partial charge in [0, 0.05) is 11.5 Å². The maximum absolute atomic E-state index is 11.5. The van der Waals surface area contributed by atoms with Crippen molar-refractivity contribution in [3.63, 3.8) is 0 Å². The van der Waals surface area contributed by atoms with Crippen molar-refractivity contribution < 1.29 is 19.4 Å². The van der Waals surface area contributed by atoms with Gasteiger partial charge in [-0.3, -0.25) is 4.79 Å². The number of nitrogens with one attached hydrogen (secondary N) is 1.